The first-order valence-corrected chi connectivity index (χ1v) is 4.21. The minimum atomic E-state index is -2.54. The summed E-state index contributed by atoms with van der Waals surface area (Å²) < 4.78 is 26.2. The monoisotopic (exact) mass is 211 g/mol. The van der Waals surface area contributed by atoms with Crippen molar-refractivity contribution in [3.8, 4) is 0 Å². The highest BCUT2D eigenvalue weighted by molar-refractivity contribution is 5.89. The Morgan fingerprint density at radius 3 is 2.73 bits per heavy atom. The highest BCUT2D eigenvalue weighted by atomic mass is 19.3. The summed E-state index contributed by atoms with van der Waals surface area (Å²) in [5, 5.41) is 8.70. The van der Waals surface area contributed by atoms with Crippen LogP contribution < -0.4 is 0 Å². The van der Waals surface area contributed by atoms with E-state index in [0.717, 1.165) is 0 Å². The van der Waals surface area contributed by atoms with Gasteiger partial charge in [0.05, 0.1) is 5.56 Å². The molecule has 78 valence electrons. The first kappa shape index (κ1) is 9.64. The van der Waals surface area contributed by atoms with Gasteiger partial charge in [-0.1, -0.05) is 0 Å². The van der Waals surface area contributed by atoms with Crippen LogP contribution in [0.3, 0.4) is 0 Å². The van der Waals surface area contributed by atoms with E-state index < -0.39 is 12.4 Å². The number of pyridine rings is 1. The summed E-state index contributed by atoms with van der Waals surface area (Å²) in [5.41, 5.74) is 0.421. The zero-order valence-corrected chi connectivity index (χ0v) is 7.52. The molecule has 2 aromatic rings. The summed E-state index contributed by atoms with van der Waals surface area (Å²) in [6, 6.07) is 3.90. The Kier molecular flexibility index (Phi) is 2.15. The Hall–Kier alpha value is -1.91. The van der Waals surface area contributed by atoms with E-state index >= 15 is 0 Å². The maximum Gasteiger partial charge on any atom is 0.337 e. The molecular weight excluding hydrogens is 204 g/mol. The van der Waals surface area contributed by atoms with Crippen LogP contribution in [-0.2, 0) is 0 Å². The van der Waals surface area contributed by atoms with Gasteiger partial charge < -0.3 is 9.51 Å². The van der Waals surface area contributed by atoms with Gasteiger partial charge >= 0.3 is 5.97 Å². The SMILES string of the molecule is O=C(O)c1cc2cc(C(F)F)ccn2c1. The molecule has 0 aliphatic carbocycles. The number of hydrogen-bond acceptors (Lipinski definition) is 1. The molecule has 5 heteroatoms. The van der Waals surface area contributed by atoms with Crippen LogP contribution in [0.1, 0.15) is 22.3 Å². The fourth-order valence-corrected chi connectivity index (χ4v) is 1.38. The topological polar surface area (TPSA) is 41.7 Å². The quantitative estimate of drug-likeness (QED) is 0.829. The molecule has 0 fully saturated rings. The van der Waals surface area contributed by atoms with Gasteiger partial charge in [-0.15, -0.1) is 0 Å². The van der Waals surface area contributed by atoms with Crippen molar-refractivity contribution >= 4 is 11.5 Å². The Morgan fingerprint density at radius 1 is 1.40 bits per heavy atom. The molecule has 0 aliphatic heterocycles. The molecule has 0 atom stereocenters. The van der Waals surface area contributed by atoms with Gasteiger partial charge in [0.15, 0.2) is 0 Å². The maximum atomic E-state index is 12.3. The Bertz CT molecular complexity index is 519. The first-order valence-electron chi connectivity index (χ1n) is 4.21. The van der Waals surface area contributed by atoms with Gasteiger partial charge in [0.1, 0.15) is 0 Å². The minimum Gasteiger partial charge on any atom is -0.478 e. The molecule has 0 bridgehead atoms. The molecule has 0 amide bonds. The number of rotatable bonds is 2. The van der Waals surface area contributed by atoms with Crippen molar-refractivity contribution in [2.45, 2.75) is 6.43 Å². The molecule has 0 saturated carbocycles. The van der Waals surface area contributed by atoms with E-state index in [1.165, 1.54) is 35.0 Å². The lowest BCUT2D eigenvalue weighted by Gasteiger charge is -1.99. The standard InChI is InChI=1S/C10H7F2NO2/c11-9(12)6-1-2-13-5-7(10(14)15)4-8(13)3-6/h1-5,9H,(H,14,15). The number of carbonyl (C=O) groups is 1. The van der Waals surface area contributed by atoms with Gasteiger partial charge in [-0.05, 0) is 18.2 Å². The van der Waals surface area contributed by atoms with E-state index in [2.05, 4.69) is 0 Å². The van der Waals surface area contributed by atoms with E-state index in [4.69, 9.17) is 5.11 Å². The Balaban J connectivity index is 2.57. The third-order valence-corrected chi connectivity index (χ3v) is 2.12. The van der Waals surface area contributed by atoms with E-state index in [1.54, 1.807) is 0 Å². The summed E-state index contributed by atoms with van der Waals surface area (Å²) in [6.45, 7) is 0. The van der Waals surface area contributed by atoms with Gasteiger partial charge in [0.25, 0.3) is 6.43 Å². The number of carboxylic acids is 1. The largest absolute Gasteiger partial charge is 0.478 e. The normalized spacial score (nSPS) is 11.1. The van der Waals surface area contributed by atoms with Crippen LogP contribution in [0.15, 0.2) is 30.6 Å². The molecule has 2 heterocycles. The lowest BCUT2D eigenvalue weighted by atomic mass is 10.2. The van der Waals surface area contributed by atoms with Crippen molar-refractivity contribution in [1.29, 1.82) is 0 Å². The van der Waals surface area contributed by atoms with E-state index in [9.17, 15) is 13.6 Å². The van der Waals surface area contributed by atoms with Crippen molar-refractivity contribution in [3.05, 3.63) is 41.7 Å². The molecule has 0 spiro atoms. The van der Waals surface area contributed by atoms with Crippen molar-refractivity contribution < 1.29 is 18.7 Å². The van der Waals surface area contributed by atoms with Crippen LogP contribution in [-0.4, -0.2) is 15.5 Å². The summed E-state index contributed by atoms with van der Waals surface area (Å²) in [7, 11) is 0. The van der Waals surface area contributed by atoms with Crippen LogP contribution in [0.4, 0.5) is 8.78 Å². The van der Waals surface area contributed by atoms with Crippen molar-refractivity contribution in [2.24, 2.45) is 0 Å². The maximum absolute atomic E-state index is 12.3. The third-order valence-electron chi connectivity index (χ3n) is 2.12. The third kappa shape index (κ3) is 1.68. The van der Waals surface area contributed by atoms with Crippen LogP contribution in [0, 0.1) is 0 Å². The summed E-state index contributed by atoms with van der Waals surface area (Å²) in [5.74, 6) is -1.07. The number of hydrogen-bond donors (Lipinski definition) is 1. The highest BCUT2D eigenvalue weighted by Crippen LogP contribution is 2.21. The highest BCUT2D eigenvalue weighted by Gasteiger charge is 2.10. The second kappa shape index (κ2) is 3.34. The fraction of sp³-hybridized carbons (Fsp3) is 0.100. The second-order valence-corrected chi connectivity index (χ2v) is 3.13. The zero-order chi connectivity index (χ0) is 11.0. The number of halogens is 2. The van der Waals surface area contributed by atoms with Crippen LogP contribution in [0.5, 0.6) is 0 Å². The summed E-state index contributed by atoms with van der Waals surface area (Å²) >= 11 is 0. The fourth-order valence-electron chi connectivity index (χ4n) is 1.38. The van der Waals surface area contributed by atoms with Crippen LogP contribution in [0.2, 0.25) is 0 Å². The molecule has 3 nitrogen and oxygen atoms in total. The second-order valence-electron chi connectivity index (χ2n) is 3.13. The lowest BCUT2D eigenvalue weighted by Crippen LogP contribution is -1.92. The number of fused-ring (bicyclic) bond motifs is 1. The van der Waals surface area contributed by atoms with Crippen LogP contribution in [0.25, 0.3) is 5.52 Å². The lowest BCUT2D eigenvalue weighted by molar-refractivity contribution is 0.0697. The van der Waals surface area contributed by atoms with Gasteiger partial charge in [-0.2, -0.15) is 0 Å². The van der Waals surface area contributed by atoms with Gasteiger partial charge in [-0.25, -0.2) is 13.6 Å². The number of nitrogens with zero attached hydrogens (tertiary/aromatic N) is 1. The number of carboxylic acid groups (broad SMARTS) is 1. The molecule has 0 aromatic carbocycles. The van der Waals surface area contributed by atoms with E-state index in [-0.39, 0.29) is 11.1 Å². The molecule has 2 rings (SSSR count). The minimum absolute atomic E-state index is 0.0846. The van der Waals surface area contributed by atoms with Crippen molar-refractivity contribution in [1.82, 2.24) is 4.40 Å². The molecule has 0 aliphatic rings. The average Bonchev–Trinajstić information content (AvgIpc) is 2.59. The van der Waals surface area contributed by atoms with Crippen molar-refractivity contribution in [3.63, 3.8) is 0 Å². The van der Waals surface area contributed by atoms with Crippen LogP contribution >= 0.6 is 0 Å². The molecule has 0 unspecified atom stereocenters. The van der Waals surface area contributed by atoms with Gasteiger partial charge in [0, 0.05) is 23.5 Å². The smallest absolute Gasteiger partial charge is 0.337 e. The summed E-state index contributed by atoms with van der Waals surface area (Å²) in [6.07, 6.45) is 0.258. The number of aromatic nitrogens is 1. The number of aromatic carboxylic acids is 1. The van der Waals surface area contributed by atoms with Crippen molar-refractivity contribution in [2.75, 3.05) is 0 Å². The Labute approximate surface area is 83.6 Å². The molecule has 0 saturated heterocycles. The summed E-state index contributed by atoms with van der Waals surface area (Å²) in [4.78, 5) is 10.6. The first-order chi connectivity index (χ1) is 7.08. The molecule has 15 heavy (non-hydrogen) atoms. The van der Waals surface area contributed by atoms with E-state index in [0.29, 0.717) is 5.52 Å². The average molecular weight is 211 g/mol. The van der Waals surface area contributed by atoms with E-state index in [1.807, 2.05) is 0 Å². The molecule has 2 aromatic heterocycles. The van der Waals surface area contributed by atoms with Gasteiger partial charge in [0.2, 0.25) is 0 Å². The predicted octanol–water partition coefficient (Wildman–Crippen LogP) is 2.58. The molecule has 0 radical (unpaired) electrons. The Morgan fingerprint density at radius 2 is 2.13 bits per heavy atom. The predicted molar refractivity (Wildman–Crippen MR) is 49.3 cm³/mol. The molecular formula is C10H7F2NO2. The number of alkyl halides is 2. The molecule has 1 N–H and O–H groups in total. The zero-order valence-electron chi connectivity index (χ0n) is 7.52. The van der Waals surface area contributed by atoms with Gasteiger partial charge in [-0.3, -0.25) is 0 Å².